The van der Waals surface area contributed by atoms with Crippen molar-refractivity contribution in [1.82, 2.24) is 0 Å². The summed E-state index contributed by atoms with van der Waals surface area (Å²) in [6.07, 6.45) is 2.37. The van der Waals surface area contributed by atoms with Gasteiger partial charge in [-0.05, 0) is 17.7 Å². The van der Waals surface area contributed by atoms with Crippen LogP contribution in [-0.4, -0.2) is 26.1 Å². The fourth-order valence-electron chi connectivity index (χ4n) is 0.868. The molecule has 0 spiro atoms. The second-order valence-electron chi connectivity index (χ2n) is 2.59. The number of oxime groups is 1. The second kappa shape index (κ2) is 3.57. The monoisotopic (exact) mass is 199 g/mol. The molecular weight excluding hydrogens is 190 g/mol. The summed E-state index contributed by atoms with van der Waals surface area (Å²) in [6.45, 7) is 0. The molecule has 0 atom stereocenters. The molecule has 1 aromatic rings. The predicted octanol–water partition coefficient (Wildman–Crippen LogP) is 0.898. The largest absolute Gasteiger partial charge is 0.411 e. The molecule has 5 heteroatoms. The van der Waals surface area contributed by atoms with Gasteiger partial charge in [0.25, 0.3) is 0 Å². The maximum Gasteiger partial charge on any atom is 0.175 e. The first-order chi connectivity index (χ1) is 6.04. The number of rotatable bonds is 2. The average Bonchev–Trinajstić information content (AvgIpc) is 2.04. The molecule has 0 fully saturated rings. The third kappa shape index (κ3) is 2.55. The van der Waals surface area contributed by atoms with Gasteiger partial charge in [-0.2, -0.15) is 0 Å². The zero-order chi connectivity index (χ0) is 9.90. The minimum Gasteiger partial charge on any atom is -0.411 e. The summed E-state index contributed by atoms with van der Waals surface area (Å²) in [7, 11) is -3.14. The Balaban J connectivity index is 3.08. The first kappa shape index (κ1) is 9.73. The lowest BCUT2D eigenvalue weighted by atomic mass is 10.2. The van der Waals surface area contributed by atoms with E-state index in [0.29, 0.717) is 5.56 Å². The fourth-order valence-corrected chi connectivity index (χ4v) is 1.50. The lowest BCUT2D eigenvalue weighted by molar-refractivity contribution is 0.322. The smallest absolute Gasteiger partial charge is 0.175 e. The van der Waals surface area contributed by atoms with Gasteiger partial charge in [0.05, 0.1) is 11.1 Å². The van der Waals surface area contributed by atoms with E-state index in [9.17, 15) is 8.42 Å². The Morgan fingerprint density at radius 1 is 1.31 bits per heavy atom. The maximum absolute atomic E-state index is 11.0. The molecule has 0 aliphatic rings. The van der Waals surface area contributed by atoms with Crippen LogP contribution in [0.5, 0.6) is 0 Å². The van der Waals surface area contributed by atoms with Crippen molar-refractivity contribution in [3.8, 4) is 0 Å². The molecule has 1 N–H and O–H groups in total. The topological polar surface area (TPSA) is 66.7 Å². The van der Waals surface area contributed by atoms with E-state index in [1.54, 1.807) is 12.1 Å². The summed E-state index contributed by atoms with van der Waals surface area (Å²) in [5.74, 6) is 0. The second-order valence-corrected chi connectivity index (χ2v) is 4.60. The third-order valence-corrected chi connectivity index (χ3v) is 2.64. The van der Waals surface area contributed by atoms with Gasteiger partial charge in [0.2, 0.25) is 0 Å². The van der Waals surface area contributed by atoms with E-state index in [1.165, 1.54) is 18.3 Å². The van der Waals surface area contributed by atoms with Gasteiger partial charge >= 0.3 is 0 Å². The van der Waals surface area contributed by atoms with Crippen LogP contribution < -0.4 is 0 Å². The minimum absolute atomic E-state index is 0.252. The van der Waals surface area contributed by atoms with Crippen LogP contribution >= 0.6 is 0 Å². The van der Waals surface area contributed by atoms with E-state index < -0.39 is 9.84 Å². The molecule has 0 unspecified atom stereocenters. The average molecular weight is 199 g/mol. The summed E-state index contributed by atoms with van der Waals surface area (Å²) in [5.41, 5.74) is 0.648. The number of sulfone groups is 1. The minimum atomic E-state index is -3.14. The van der Waals surface area contributed by atoms with Crippen LogP contribution in [-0.2, 0) is 9.84 Å². The number of hydrogen-bond acceptors (Lipinski definition) is 4. The Morgan fingerprint density at radius 3 is 2.23 bits per heavy atom. The summed E-state index contributed by atoms with van der Waals surface area (Å²) < 4.78 is 22.0. The lowest BCUT2D eigenvalue weighted by Gasteiger charge is -1.97. The molecular formula is C8H9NO3S. The Kier molecular flexibility index (Phi) is 2.67. The molecule has 0 saturated carbocycles. The number of benzene rings is 1. The van der Waals surface area contributed by atoms with Crippen LogP contribution in [0.3, 0.4) is 0 Å². The molecule has 13 heavy (non-hydrogen) atoms. The van der Waals surface area contributed by atoms with Crippen LogP contribution in [0.2, 0.25) is 0 Å². The molecule has 1 rings (SSSR count). The van der Waals surface area contributed by atoms with Gasteiger partial charge in [-0.3, -0.25) is 0 Å². The van der Waals surface area contributed by atoms with Crippen molar-refractivity contribution < 1.29 is 13.6 Å². The zero-order valence-electron chi connectivity index (χ0n) is 7.01. The Morgan fingerprint density at radius 2 is 1.85 bits per heavy atom. The van der Waals surface area contributed by atoms with Crippen LogP contribution in [0.1, 0.15) is 5.56 Å². The quantitative estimate of drug-likeness (QED) is 0.437. The van der Waals surface area contributed by atoms with Crippen molar-refractivity contribution in [2.45, 2.75) is 4.90 Å². The van der Waals surface area contributed by atoms with Crippen molar-refractivity contribution in [2.75, 3.05) is 6.26 Å². The van der Waals surface area contributed by atoms with Gasteiger partial charge in [0.15, 0.2) is 9.84 Å². The molecule has 4 nitrogen and oxygen atoms in total. The van der Waals surface area contributed by atoms with Gasteiger partial charge in [-0.1, -0.05) is 17.3 Å². The van der Waals surface area contributed by atoms with Gasteiger partial charge < -0.3 is 5.21 Å². The Bertz CT molecular complexity index is 406. The van der Waals surface area contributed by atoms with Crippen molar-refractivity contribution >= 4 is 16.1 Å². The summed E-state index contributed by atoms with van der Waals surface area (Å²) in [4.78, 5) is 0.252. The van der Waals surface area contributed by atoms with Crippen LogP contribution in [0, 0.1) is 0 Å². The van der Waals surface area contributed by atoms with Gasteiger partial charge in [0, 0.05) is 6.26 Å². The summed E-state index contributed by atoms with van der Waals surface area (Å²) in [6, 6.07) is 6.06. The molecule has 0 aliphatic carbocycles. The number of hydrogen-bond donors (Lipinski definition) is 1. The van der Waals surface area contributed by atoms with E-state index in [0.717, 1.165) is 6.26 Å². The maximum atomic E-state index is 11.0. The van der Waals surface area contributed by atoms with Gasteiger partial charge in [0.1, 0.15) is 0 Å². The highest BCUT2D eigenvalue weighted by molar-refractivity contribution is 7.90. The van der Waals surface area contributed by atoms with Crippen LogP contribution in [0.4, 0.5) is 0 Å². The molecule has 70 valence electrons. The van der Waals surface area contributed by atoms with Crippen molar-refractivity contribution in [3.05, 3.63) is 29.8 Å². The lowest BCUT2D eigenvalue weighted by Crippen LogP contribution is -1.96. The van der Waals surface area contributed by atoms with Gasteiger partial charge in [-0.15, -0.1) is 0 Å². The highest BCUT2D eigenvalue weighted by atomic mass is 32.2. The molecule has 0 radical (unpaired) electrons. The van der Waals surface area contributed by atoms with Gasteiger partial charge in [-0.25, -0.2) is 8.42 Å². The standard InChI is InChI=1S/C8H9NO3S/c1-13(11,12)8-4-2-7(3-5-8)6-9-10/h2-6,10H,1H3. The SMILES string of the molecule is CS(=O)(=O)c1ccc(C=NO)cc1. The predicted molar refractivity (Wildman–Crippen MR) is 48.9 cm³/mol. The molecule has 0 aromatic heterocycles. The summed E-state index contributed by atoms with van der Waals surface area (Å²) >= 11 is 0. The number of nitrogens with zero attached hydrogens (tertiary/aromatic N) is 1. The Labute approximate surface area is 76.4 Å². The fraction of sp³-hybridized carbons (Fsp3) is 0.125. The first-order valence-electron chi connectivity index (χ1n) is 3.51. The van der Waals surface area contributed by atoms with Crippen LogP contribution in [0.25, 0.3) is 0 Å². The van der Waals surface area contributed by atoms with Crippen molar-refractivity contribution in [2.24, 2.45) is 5.16 Å². The molecule has 0 amide bonds. The third-order valence-electron chi connectivity index (χ3n) is 1.52. The van der Waals surface area contributed by atoms with Crippen molar-refractivity contribution in [3.63, 3.8) is 0 Å². The normalized spacial score (nSPS) is 12.1. The Hall–Kier alpha value is -1.36. The highest BCUT2D eigenvalue weighted by Crippen LogP contribution is 2.08. The molecule has 0 saturated heterocycles. The van der Waals surface area contributed by atoms with E-state index >= 15 is 0 Å². The van der Waals surface area contributed by atoms with E-state index in [-0.39, 0.29) is 4.90 Å². The van der Waals surface area contributed by atoms with E-state index in [4.69, 9.17) is 5.21 Å². The van der Waals surface area contributed by atoms with E-state index in [1.807, 2.05) is 0 Å². The van der Waals surface area contributed by atoms with E-state index in [2.05, 4.69) is 5.16 Å². The molecule has 0 aliphatic heterocycles. The molecule has 1 aromatic carbocycles. The zero-order valence-corrected chi connectivity index (χ0v) is 7.82. The highest BCUT2D eigenvalue weighted by Gasteiger charge is 2.04. The molecule has 0 heterocycles. The van der Waals surface area contributed by atoms with Crippen molar-refractivity contribution in [1.29, 1.82) is 0 Å². The summed E-state index contributed by atoms with van der Waals surface area (Å²) in [5, 5.41) is 11.0. The van der Waals surface area contributed by atoms with Crippen LogP contribution in [0.15, 0.2) is 34.3 Å². The molecule has 0 bridgehead atoms. The first-order valence-corrected chi connectivity index (χ1v) is 5.41.